The van der Waals surface area contributed by atoms with Crippen LogP contribution < -0.4 is 0 Å². The first-order chi connectivity index (χ1) is 8.54. The summed E-state index contributed by atoms with van der Waals surface area (Å²) in [4.78, 5) is 8.20. The van der Waals surface area contributed by atoms with Gasteiger partial charge in [-0.05, 0) is 31.6 Å². The van der Waals surface area contributed by atoms with Crippen molar-refractivity contribution in [3.05, 3.63) is 17.6 Å². The van der Waals surface area contributed by atoms with Crippen molar-refractivity contribution in [3.8, 4) is 0 Å². The third-order valence-electron chi connectivity index (χ3n) is 3.15. The molecular formula is C12H17ClN2O2S. The Morgan fingerprint density at radius 1 is 1.33 bits per heavy atom. The van der Waals surface area contributed by atoms with E-state index in [1.165, 1.54) is 6.33 Å². The van der Waals surface area contributed by atoms with Gasteiger partial charge < -0.3 is 0 Å². The van der Waals surface area contributed by atoms with E-state index in [0.717, 1.165) is 36.9 Å². The Labute approximate surface area is 113 Å². The van der Waals surface area contributed by atoms with Gasteiger partial charge in [-0.25, -0.2) is 18.4 Å². The second kappa shape index (κ2) is 5.53. The number of hydrogen-bond acceptors (Lipinski definition) is 4. The smallest absolute Gasteiger partial charge is 0.196 e. The number of aromatic nitrogens is 2. The number of halogens is 1. The first kappa shape index (κ1) is 13.7. The summed E-state index contributed by atoms with van der Waals surface area (Å²) in [6, 6.07) is 0. The van der Waals surface area contributed by atoms with Crippen molar-refractivity contribution in [2.75, 3.05) is 11.6 Å². The molecule has 0 saturated carbocycles. The van der Waals surface area contributed by atoms with Gasteiger partial charge in [0.05, 0.1) is 5.75 Å². The standard InChI is InChI=1S/C12H17ClN2O2S/c1-9(6-13)7-18(16,17)12-10-4-2-3-5-11(10)14-8-15-12/h8-9H,2-7H2,1H3. The van der Waals surface area contributed by atoms with Crippen LogP contribution in [0.5, 0.6) is 0 Å². The second-order valence-corrected chi connectivity index (χ2v) is 7.11. The van der Waals surface area contributed by atoms with Gasteiger partial charge in [0.2, 0.25) is 0 Å². The molecule has 0 aromatic carbocycles. The van der Waals surface area contributed by atoms with Crippen LogP contribution >= 0.6 is 11.6 Å². The summed E-state index contributed by atoms with van der Waals surface area (Å²) in [6.45, 7) is 1.83. The summed E-state index contributed by atoms with van der Waals surface area (Å²) in [5, 5.41) is 0.226. The van der Waals surface area contributed by atoms with Crippen LogP contribution in [0, 0.1) is 5.92 Å². The van der Waals surface area contributed by atoms with Crippen molar-refractivity contribution < 1.29 is 8.42 Å². The average Bonchev–Trinajstić information content (AvgIpc) is 2.37. The highest BCUT2D eigenvalue weighted by Crippen LogP contribution is 2.25. The Morgan fingerprint density at radius 2 is 2.06 bits per heavy atom. The Morgan fingerprint density at radius 3 is 2.78 bits per heavy atom. The third kappa shape index (κ3) is 2.83. The largest absolute Gasteiger partial charge is 0.241 e. The molecule has 4 nitrogen and oxygen atoms in total. The zero-order chi connectivity index (χ0) is 13.2. The lowest BCUT2D eigenvalue weighted by Gasteiger charge is -2.18. The second-order valence-electron chi connectivity index (χ2n) is 4.85. The molecule has 1 aliphatic rings. The van der Waals surface area contributed by atoms with Gasteiger partial charge in [-0.2, -0.15) is 0 Å². The van der Waals surface area contributed by atoms with Crippen LogP contribution in [0.1, 0.15) is 31.0 Å². The number of sulfone groups is 1. The molecule has 6 heteroatoms. The van der Waals surface area contributed by atoms with Crippen molar-refractivity contribution in [3.63, 3.8) is 0 Å². The van der Waals surface area contributed by atoms with E-state index in [4.69, 9.17) is 11.6 Å². The van der Waals surface area contributed by atoms with Crippen molar-refractivity contribution in [2.45, 2.75) is 37.6 Å². The predicted octanol–water partition coefficient (Wildman–Crippen LogP) is 2.00. The highest BCUT2D eigenvalue weighted by Gasteiger charge is 2.26. The number of nitrogens with zero attached hydrogens (tertiary/aromatic N) is 2. The molecule has 0 bridgehead atoms. The molecule has 1 aromatic heterocycles. The van der Waals surface area contributed by atoms with Crippen molar-refractivity contribution in [1.82, 2.24) is 9.97 Å². The molecule has 0 spiro atoms. The molecule has 1 atom stereocenters. The SMILES string of the molecule is CC(CCl)CS(=O)(=O)c1ncnc2c1CCCC2. The minimum absolute atomic E-state index is 0.0555. The number of rotatable bonds is 4. The molecule has 0 aliphatic heterocycles. The van der Waals surface area contributed by atoms with E-state index >= 15 is 0 Å². The summed E-state index contributed by atoms with van der Waals surface area (Å²) in [5.41, 5.74) is 1.72. The highest BCUT2D eigenvalue weighted by molar-refractivity contribution is 7.91. The van der Waals surface area contributed by atoms with Crippen LogP contribution in [-0.2, 0) is 22.7 Å². The van der Waals surface area contributed by atoms with Gasteiger partial charge in [0.1, 0.15) is 6.33 Å². The van der Waals surface area contributed by atoms with E-state index in [0.29, 0.717) is 5.88 Å². The molecule has 0 radical (unpaired) electrons. The van der Waals surface area contributed by atoms with Crippen molar-refractivity contribution in [2.24, 2.45) is 5.92 Å². The fourth-order valence-corrected chi connectivity index (χ4v) is 4.32. The Kier molecular flexibility index (Phi) is 4.22. The summed E-state index contributed by atoms with van der Waals surface area (Å²) in [5.74, 6) is 0.331. The number of hydrogen-bond donors (Lipinski definition) is 0. The molecule has 1 aromatic rings. The van der Waals surface area contributed by atoms with Crippen LogP contribution in [0.3, 0.4) is 0 Å². The van der Waals surface area contributed by atoms with E-state index in [1.54, 1.807) is 0 Å². The average molecular weight is 289 g/mol. The molecule has 100 valence electrons. The Hall–Kier alpha value is -0.680. The highest BCUT2D eigenvalue weighted by atomic mass is 35.5. The monoisotopic (exact) mass is 288 g/mol. The fourth-order valence-electron chi connectivity index (χ4n) is 2.26. The third-order valence-corrected chi connectivity index (χ3v) is 5.62. The number of aryl methyl sites for hydroxylation is 1. The summed E-state index contributed by atoms with van der Waals surface area (Å²) in [6.07, 6.45) is 5.06. The van der Waals surface area contributed by atoms with Crippen molar-refractivity contribution in [1.29, 1.82) is 0 Å². The molecule has 0 N–H and O–H groups in total. The zero-order valence-corrected chi connectivity index (χ0v) is 12.0. The van der Waals surface area contributed by atoms with Gasteiger partial charge in [-0.1, -0.05) is 6.92 Å². The Balaban J connectivity index is 2.39. The van der Waals surface area contributed by atoms with Crippen molar-refractivity contribution >= 4 is 21.4 Å². The van der Waals surface area contributed by atoms with Crippen LogP contribution in [0.15, 0.2) is 11.4 Å². The van der Waals surface area contributed by atoms with Crippen LogP contribution in [0.25, 0.3) is 0 Å². The van der Waals surface area contributed by atoms with E-state index in [-0.39, 0.29) is 16.7 Å². The summed E-state index contributed by atoms with van der Waals surface area (Å²) < 4.78 is 24.6. The van der Waals surface area contributed by atoms with Gasteiger partial charge in [-0.15, -0.1) is 11.6 Å². The number of fused-ring (bicyclic) bond motifs is 1. The van der Waals surface area contributed by atoms with Crippen LogP contribution in [0.4, 0.5) is 0 Å². The van der Waals surface area contributed by atoms with Gasteiger partial charge in [0.15, 0.2) is 14.9 Å². The molecule has 18 heavy (non-hydrogen) atoms. The molecule has 0 amide bonds. The lowest BCUT2D eigenvalue weighted by atomic mass is 9.98. The van der Waals surface area contributed by atoms with Crippen LogP contribution in [0.2, 0.25) is 0 Å². The van der Waals surface area contributed by atoms with E-state index in [9.17, 15) is 8.42 Å². The van der Waals surface area contributed by atoms with Gasteiger partial charge in [0, 0.05) is 17.1 Å². The topological polar surface area (TPSA) is 59.9 Å². The molecule has 0 fully saturated rings. The Bertz CT molecular complexity index is 531. The maximum Gasteiger partial charge on any atom is 0.196 e. The minimum atomic E-state index is -3.35. The van der Waals surface area contributed by atoms with E-state index in [1.807, 2.05) is 6.92 Å². The minimum Gasteiger partial charge on any atom is -0.241 e. The van der Waals surface area contributed by atoms with Gasteiger partial charge in [-0.3, -0.25) is 0 Å². The maximum atomic E-state index is 12.3. The predicted molar refractivity (Wildman–Crippen MR) is 70.6 cm³/mol. The van der Waals surface area contributed by atoms with E-state index < -0.39 is 9.84 Å². The normalized spacial score (nSPS) is 17.2. The van der Waals surface area contributed by atoms with Crippen LogP contribution in [-0.4, -0.2) is 30.0 Å². The number of alkyl halides is 1. The molecule has 2 rings (SSSR count). The molecular weight excluding hydrogens is 272 g/mol. The molecule has 1 heterocycles. The van der Waals surface area contributed by atoms with E-state index in [2.05, 4.69) is 9.97 Å². The maximum absolute atomic E-state index is 12.3. The van der Waals surface area contributed by atoms with Gasteiger partial charge >= 0.3 is 0 Å². The molecule has 1 aliphatic carbocycles. The summed E-state index contributed by atoms with van der Waals surface area (Å²) >= 11 is 5.69. The molecule has 0 saturated heterocycles. The lowest BCUT2D eigenvalue weighted by Crippen LogP contribution is -2.20. The lowest BCUT2D eigenvalue weighted by molar-refractivity contribution is 0.570. The first-order valence-electron chi connectivity index (χ1n) is 6.16. The first-order valence-corrected chi connectivity index (χ1v) is 8.34. The quantitative estimate of drug-likeness (QED) is 0.628. The zero-order valence-electron chi connectivity index (χ0n) is 10.4. The molecule has 1 unspecified atom stereocenters. The van der Waals surface area contributed by atoms with Gasteiger partial charge in [0.25, 0.3) is 0 Å². The summed E-state index contributed by atoms with van der Waals surface area (Å²) in [7, 11) is -3.35. The fraction of sp³-hybridized carbons (Fsp3) is 0.667.